The summed E-state index contributed by atoms with van der Waals surface area (Å²) < 4.78 is 20.4. The highest BCUT2D eigenvalue weighted by atomic mass is 79.9. The molecule has 0 fully saturated rings. The summed E-state index contributed by atoms with van der Waals surface area (Å²) in [6.07, 6.45) is 0. The van der Waals surface area contributed by atoms with E-state index in [2.05, 4.69) is 36.7 Å². The molecule has 1 aromatic rings. The van der Waals surface area contributed by atoms with E-state index in [1.165, 1.54) is 6.07 Å². The van der Waals surface area contributed by atoms with Crippen molar-refractivity contribution in [2.75, 3.05) is 0 Å². The SMILES string of the molecule is CC(C)(C)[Si](C)(C)Oc1ccc(Br)c(B(O)O)c1F. The summed E-state index contributed by atoms with van der Waals surface area (Å²) in [7, 11) is -4.05. The number of halogens is 2. The van der Waals surface area contributed by atoms with Gasteiger partial charge in [0, 0.05) is 9.94 Å². The second-order valence-electron chi connectivity index (χ2n) is 6.01. The van der Waals surface area contributed by atoms with Crippen molar-refractivity contribution in [1.82, 2.24) is 0 Å². The molecule has 0 amide bonds. The first-order valence-corrected chi connectivity index (χ1v) is 9.70. The maximum absolute atomic E-state index is 14.2. The van der Waals surface area contributed by atoms with Crippen LogP contribution in [0.4, 0.5) is 4.39 Å². The van der Waals surface area contributed by atoms with Gasteiger partial charge in [0.2, 0.25) is 0 Å². The van der Waals surface area contributed by atoms with Crippen LogP contribution in [0.1, 0.15) is 20.8 Å². The molecule has 2 N–H and O–H groups in total. The van der Waals surface area contributed by atoms with Crippen molar-refractivity contribution in [3.63, 3.8) is 0 Å². The zero-order valence-electron chi connectivity index (χ0n) is 11.8. The molecule has 0 aliphatic heterocycles. The first kappa shape index (κ1) is 16.7. The number of hydrogen-bond donors (Lipinski definition) is 2. The van der Waals surface area contributed by atoms with Crippen LogP contribution in [0.3, 0.4) is 0 Å². The first-order valence-electron chi connectivity index (χ1n) is 6.00. The molecule has 0 atom stereocenters. The lowest BCUT2D eigenvalue weighted by Crippen LogP contribution is -2.45. The average molecular weight is 349 g/mol. The minimum atomic E-state index is -2.17. The van der Waals surface area contributed by atoms with Crippen LogP contribution in [0.2, 0.25) is 18.1 Å². The van der Waals surface area contributed by atoms with E-state index in [1.54, 1.807) is 6.07 Å². The molecule has 106 valence electrons. The Kier molecular flexibility index (Phi) is 4.88. The summed E-state index contributed by atoms with van der Waals surface area (Å²) in [5.41, 5.74) is -0.198. The molecule has 0 aliphatic carbocycles. The van der Waals surface area contributed by atoms with Gasteiger partial charge in [-0.1, -0.05) is 36.7 Å². The molecule has 0 saturated carbocycles. The van der Waals surface area contributed by atoms with Gasteiger partial charge in [-0.15, -0.1) is 0 Å². The Morgan fingerprint density at radius 2 is 1.79 bits per heavy atom. The molecule has 0 heterocycles. The smallest absolute Gasteiger partial charge is 0.492 e. The highest BCUT2D eigenvalue weighted by Crippen LogP contribution is 2.38. The van der Waals surface area contributed by atoms with Crippen molar-refractivity contribution in [2.45, 2.75) is 38.9 Å². The quantitative estimate of drug-likeness (QED) is 0.825. The summed E-state index contributed by atoms with van der Waals surface area (Å²) in [6.45, 7) is 10.2. The van der Waals surface area contributed by atoms with Gasteiger partial charge in [0.05, 0.1) is 0 Å². The predicted octanol–water partition coefficient (Wildman–Crippen LogP) is 2.65. The van der Waals surface area contributed by atoms with Gasteiger partial charge in [0.15, 0.2) is 5.82 Å². The summed E-state index contributed by atoms with van der Waals surface area (Å²) in [5.74, 6) is -0.660. The normalized spacial score (nSPS) is 12.5. The van der Waals surface area contributed by atoms with Gasteiger partial charge in [-0.25, -0.2) is 4.39 Å². The predicted molar refractivity (Wildman–Crippen MR) is 81.8 cm³/mol. The molecule has 1 rings (SSSR count). The maximum Gasteiger partial charge on any atom is 0.492 e. The largest absolute Gasteiger partial charge is 0.542 e. The Morgan fingerprint density at radius 1 is 1.26 bits per heavy atom. The zero-order valence-corrected chi connectivity index (χ0v) is 14.4. The van der Waals surface area contributed by atoms with Crippen molar-refractivity contribution >= 4 is 36.8 Å². The highest BCUT2D eigenvalue weighted by molar-refractivity contribution is 9.10. The summed E-state index contributed by atoms with van der Waals surface area (Å²) in [4.78, 5) is 0. The molecule has 3 nitrogen and oxygen atoms in total. The first-order chi connectivity index (χ1) is 8.47. The molecule has 0 saturated heterocycles. The molecular weight excluding hydrogens is 330 g/mol. The molecule has 0 bridgehead atoms. The van der Waals surface area contributed by atoms with Gasteiger partial charge >= 0.3 is 7.12 Å². The van der Waals surface area contributed by atoms with Crippen LogP contribution in [0.25, 0.3) is 0 Å². The molecule has 19 heavy (non-hydrogen) atoms. The molecule has 0 radical (unpaired) electrons. The molecule has 7 heteroatoms. The van der Waals surface area contributed by atoms with Gasteiger partial charge in [-0.2, -0.15) is 0 Å². The molecule has 1 aromatic carbocycles. The fourth-order valence-corrected chi connectivity index (χ4v) is 2.82. The van der Waals surface area contributed by atoms with Crippen LogP contribution in [0, 0.1) is 5.82 Å². The van der Waals surface area contributed by atoms with Crippen LogP contribution < -0.4 is 9.89 Å². The Labute approximate surface area is 123 Å². The Hall–Kier alpha value is -0.368. The minimum Gasteiger partial charge on any atom is -0.542 e. The van der Waals surface area contributed by atoms with Gasteiger partial charge in [0.1, 0.15) is 5.75 Å². The van der Waals surface area contributed by atoms with E-state index in [0.717, 1.165) is 0 Å². The lowest BCUT2D eigenvalue weighted by Gasteiger charge is -2.36. The van der Waals surface area contributed by atoms with E-state index in [9.17, 15) is 14.4 Å². The molecule has 0 aliphatic rings. The van der Waals surface area contributed by atoms with E-state index in [0.29, 0.717) is 4.47 Å². The molecule has 0 aromatic heterocycles. The van der Waals surface area contributed by atoms with Gasteiger partial charge < -0.3 is 14.5 Å². The molecule has 0 unspecified atom stereocenters. The Balaban J connectivity index is 3.21. The van der Waals surface area contributed by atoms with E-state index < -0.39 is 21.3 Å². The van der Waals surface area contributed by atoms with E-state index in [1.807, 2.05) is 13.1 Å². The van der Waals surface area contributed by atoms with Crippen molar-refractivity contribution < 1.29 is 18.9 Å². The van der Waals surface area contributed by atoms with Crippen LogP contribution in [0.15, 0.2) is 16.6 Å². The van der Waals surface area contributed by atoms with Crippen molar-refractivity contribution in [3.05, 3.63) is 22.4 Å². The third-order valence-corrected chi connectivity index (χ3v) is 8.55. The van der Waals surface area contributed by atoms with Crippen LogP contribution in [-0.4, -0.2) is 25.5 Å². The fourth-order valence-electron chi connectivity index (χ4n) is 1.29. The van der Waals surface area contributed by atoms with Crippen LogP contribution in [0.5, 0.6) is 5.75 Å². The monoisotopic (exact) mass is 348 g/mol. The number of rotatable bonds is 3. The van der Waals surface area contributed by atoms with Crippen LogP contribution in [-0.2, 0) is 0 Å². The van der Waals surface area contributed by atoms with E-state index in [-0.39, 0.29) is 16.3 Å². The maximum atomic E-state index is 14.2. The second kappa shape index (κ2) is 5.55. The number of hydrogen-bond acceptors (Lipinski definition) is 3. The third kappa shape index (κ3) is 3.59. The van der Waals surface area contributed by atoms with E-state index >= 15 is 0 Å². The Bertz CT molecular complexity index is 475. The Morgan fingerprint density at radius 3 is 2.21 bits per heavy atom. The van der Waals surface area contributed by atoms with Gasteiger partial charge in [-0.05, 0) is 30.3 Å². The third-order valence-electron chi connectivity index (χ3n) is 3.52. The number of benzene rings is 1. The highest BCUT2D eigenvalue weighted by Gasteiger charge is 2.40. The van der Waals surface area contributed by atoms with Crippen molar-refractivity contribution in [2.24, 2.45) is 0 Å². The zero-order chi connectivity index (χ0) is 15.0. The molecule has 0 spiro atoms. The second-order valence-corrected chi connectivity index (χ2v) is 11.6. The average Bonchev–Trinajstić information content (AvgIpc) is 2.20. The van der Waals surface area contributed by atoms with Crippen molar-refractivity contribution in [1.29, 1.82) is 0 Å². The molecular formula is C12H19BBrFO3Si. The fraction of sp³-hybridized carbons (Fsp3) is 0.500. The standard InChI is InChI=1S/C12H19BBrFO3Si/c1-12(2,3)19(4,5)18-9-7-6-8(14)10(11(9)15)13(16)17/h6-7,16-17H,1-5H3. The lowest BCUT2D eigenvalue weighted by atomic mass is 9.80. The van der Waals surface area contributed by atoms with Gasteiger partial charge in [-0.3, -0.25) is 0 Å². The van der Waals surface area contributed by atoms with Gasteiger partial charge in [0.25, 0.3) is 8.32 Å². The topological polar surface area (TPSA) is 49.7 Å². The lowest BCUT2D eigenvalue weighted by molar-refractivity contribution is 0.418. The summed E-state index contributed by atoms with van der Waals surface area (Å²) in [5, 5.41) is 18.4. The van der Waals surface area contributed by atoms with E-state index in [4.69, 9.17) is 4.43 Å². The minimum absolute atomic E-state index is 0.0650. The summed E-state index contributed by atoms with van der Waals surface area (Å²) in [6, 6.07) is 3.06. The van der Waals surface area contributed by atoms with Crippen molar-refractivity contribution in [3.8, 4) is 5.75 Å². The van der Waals surface area contributed by atoms with Crippen LogP contribution >= 0.6 is 15.9 Å². The summed E-state index contributed by atoms with van der Waals surface area (Å²) >= 11 is 3.10.